The summed E-state index contributed by atoms with van der Waals surface area (Å²) < 4.78 is 0. The van der Waals surface area contributed by atoms with Gasteiger partial charge in [0.25, 0.3) is 0 Å². The number of rotatable bonds is 9. The van der Waals surface area contributed by atoms with Crippen molar-refractivity contribution in [3.05, 3.63) is 56.7 Å². The third kappa shape index (κ3) is 5.22. The average Bonchev–Trinajstić information content (AvgIpc) is 3.17. The molecule has 0 bridgehead atoms. The Morgan fingerprint density at radius 3 is 2.54 bits per heavy atom. The minimum absolute atomic E-state index is 0.0852. The number of carbonyl (C=O) groups is 1. The topological polar surface area (TPSA) is 23.6 Å². The van der Waals surface area contributed by atoms with Gasteiger partial charge in [0.1, 0.15) is 6.04 Å². The van der Waals surface area contributed by atoms with Crippen LogP contribution in [0.15, 0.2) is 35.7 Å². The van der Waals surface area contributed by atoms with Gasteiger partial charge in [0.2, 0.25) is 5.91 Å². The fourth-order valence-corrected chi connectivity index (χ4v) is 5.05. The molecule has 28 heavy (non-hydrogen) atoms. The highest BCUT2D eigenvalue weighted by Crippen LogP contribution is 2.34. The predicted molar refractivity (Wildman–Crippen MR) is 120 cm³/mol. The minimum Gasteiger partial charge on any atom is -0.341 e. The van der Waals surface area contributed by atoms with Gasteiger partial charge in [-0.15, -0.1) is 34.5 Å². The fraction of sp³-hybridized carbons (Fsp3) is 0.476. The smallest absolute Gasteiger partial charge is 0.244 e. The fourth-order valence-electron chi connectivity index (χ4n) is 3.68. The van der Waals surface area contributed by atoms with Crippen molar-refractivity contribution in [3.8, 4) is 0 Å². The van der Waals surface area contributed by atoms with Crippen LogP contribution in [-0.4, -0.2) is 47.1 Å². The standard InChI is InChI=1S/C21H25Cl3N2OS/c22-9-3-11-25(12-4-10-23)21(27)20(17-5-1-2-6-18(17)24)26-13-7-19-16(15-26)8-14-28-19/h1-2,5-6,8,14,20H,3-4,7,9-13,15H2. The van der Waals surface area contributed by atoms with Crippen molar-refractivity contribution in [3.63, 3.8) is 0 Å². The van der Waals surface area contributed by atoms with Gasteiger partial charge >= 0.3 is 0 Å². The van der Waals surface area contributed by atoms with Crippen molar-refractivity contribution in [1.82, 2.24) is 9.80 Å². The van der Waals surface area contributed by atoms with E-state index in [1.807, 2.05) is 29.2 Å². The van der Waals surface area contributed by atoms with Crippen LogP contribution in [-0.2, 0) is 17.8 Å². The summed E-state index contributed by atoms with van der Waals surface area (Å²) in [6.07, 6.45) is 2.49. The van der Waals surface area contributed by atoms with Crippen LogP contribution in [0.2, 0.25) is 5.02 Å². The van der Waals surface area contributed by atoms with E-state index in [9.17, 15) is 4.79 Å². The lowest BCUT2D eigenvalue weighted by atomic mass is 9.99. The van der Waals surface area contributed by atoms with Crippen LogP contribution in [0.25, 0.3) is 0 Å². The molecular weight excluding hydrogens is 435 g/mol. The van der Waals surface area contributed by atoms with E-state index in [-0.39, 0.29) is 5.91 Å². The second-order valence-electron chi connectivity index (χ2n) is 6.92. The highest BCUT2D eigenvalue weighted by Gasteiger charge is 2.34. The van der Waals surface area contributed by atoms with Gasteiger partial charge < -0.3 is 4.90 Å². The molecular formula is C21H25Cl3N2OS. The first-order chi connectivity index (χ1) is 13.7. The molecule has 1 atom stereocenters. The molecule has 0 aliphatic carbocycles. The molecule has 2 aromatic rings. The van der Waals surface area contributed by atoms with Gasteiger partial charge in [-0.2, -0.15) is 0 Å². The minimum atomic E-state index is -0.396. The van der Waals surface area contributed by atoms with Gasteiger partial charge in [-0.25, -0.2) is 0 Å². The third-order valence-electron chi connectivity index (χ3n) is 5.07. The Bertz CT molecular complexity index is 775. The highest BCUT2D eigenvalue weighted by atomic mass is 35.5. The van der Waals surface area contributed by atoms with E-state index in [2.05, 4.69) is 16.3 Å². The molecule has 0 fully saturated rings. The second-order valence-corrected chi connectivity index (χ2v) is 9.09. The molecule has 152 valence electrons. The molecule has 0 saturated carbocycles. The van der Waals surface area contributed by atoms with Crippen molar-refractivity contribution in [2.24, 2.45) is 0 Å². The number of fused-ring (bicyclic) bond motifs is 1. The van der Waals surface area contributed by atoms with E-state index in [1.54, 1.807) is 11.3 Å². The summed E-state index contributed by atoms with van der Waals surface area (Å²) in [5.74, 6) is 1.15. The van der Waals surface area contributed by atoms with Crippen LogP contribution in [0, 0.1) is 0 Å². The maximum absolute atomic E-state index is 13.7. The summed E-state index contributed by atoms with van der Waals surface area (Å²) in [5, 5.41) is 2.76. The Kier molecular flexibility index (Phi) is 8.49. The van der Waals surface area contributed by atoms with Crippen LogP contribution >= 0.6 is 46.1 Å². The molecule has 1 amide bonds. The Morgan fingerprint density at radius 1 is 1.14 bits per heavy atom. The number of thiophene rings is 1. The van der Waals surface area contributed by atoms with Gasteiger partial charge in [0.15, 0.2) is 0 Å². The average molecular weight is 460 g/mol. The van der Waals surface area contributed by atoms with E-state index >= 15 is 0 Å². The molecule has 3 rings (SSSR count). The largest absolute Gasteiger partial charge is 0.341 e. The Balaban J connectivity index is 1.91. The number of halogens is 3. The Hall–Kier alpha value is -0.780. The maximum atomic E-state index is 13.7. The zero-order valence-corrected chi connectivity index (χ0v) is 18.8. The molecule has 1 aliphatic rings. The van der Waals surface area contributed by atoms with Gasteiger partial charge in [-0.1, -0.05) is 29.8 Å². The van der Waals surface area contributed by atoms with Gasteiger partial charge in [0.05, 0.1) is 0 Å². The summed E-state index contributed by atoms with van der Waals surface area (Å²) in [6.45, 7) is 2.88. The first-order valence-corrected chi connectivity index (χ1v) is 11.9. The lowest BCUT2D eigenvalue weighted by Crippen LogP contribution is -2.45. The first-order valence-electron chi connectivity index (χ1n) is 9.60. The summed E-state index contributed by atoms with van der Waals surface area (Å²) in [7, 11) is 0. The van der Waals surface area contributed by atoms with Crippen molar-refractivity contribution in [2.45, 2.75) is 31.8 Å². The Morgan fingerprint density at radius 2 is 1.86 bits per heavy atom. The first kappa shape index (κ1) is 21.9. The maximum Gasteiger partial charge on any atom is 0.244 e. The number of alkyl halides is 2. The third-order valence-corrected chi connectivity index (χ3v) is 6.97. The number of hydrogen-bond acceptors (Lipinski definition) is 3. The van der Waals surface area contributed by atoms with E-state index in [1.165, 1.54) is 10.4 Å². The second kappa shape index (κ2) is 10.8. The van der Waals surface area contributed by atoms with Crippen LogP contribution in [0.1, 0.15) is 34.9 Å². The van der Waals surface area contributed by atoms with Gasteiger partial charge in [-0.05, 0) is 47.9 Å². The van der Waals surface area contributed by atoms with Crippen molar-refractivity contribution < 1.29 is 4.79 Å². The van der Waals surface area contributed by atoms with Gasteiger partial charge in [0, 0.05) is 47.8 Å². The zero-order chi connectivity index (χ0) is 19.9. The molecule has 1 aliphatic heterocycles. The molecule has 1 unspecified atom stereocenters. The van der Waals surface area contributed by atoms with Crippen molar-refractivity contribution >= 4 is 52.0 Å². The molecule has 2 heterocycles. The summed E-state index contributed by atoms with van der Waals surface area (Å²) >= 11 is 20.1. The Labute approximate surface area is 186 Å². The van der Waals surface area contributed by atoms with Crippen molar-refractivity contribution in [2.75, 3.05) is 31.4 Å². The molecule has 1 aromatic carbocycles. The molecule has 3 nitrogen and oxygen atoms in total. The number of carbonyl (C=O) groups excluding carboxylic acids is 1. The van der Waals surface area contributed by atoms with Crippen LogP contribution in [0.3, 0.4) is 0 Å². The van der Waals surface area contributed by atoms with Gasteiger partial charge in [-0.3, -0.25) is 9.69 Å². The number of nitrogens with zero attached hydrogens (tertiary/aromatic N) is 2. The number of amides is 1. The molecule has 0 spiro atoms. The molecule has 0 saturated heterocycles. The van der Waals surface area contributed by atoms with Crippen molar-refractivity contribution in [1.29, 1.82) is 0 Å². The SMILES string of the molecule is O=C(C(c1ccccc1Cl)N1CCc2sccc2C1)N(CCCCl)CCCCl. The summed E-state index contributed by atoms with van der Waals surface area (Å²) in [6, 6.07) is 9.45. The van der Waals surface area contributed by atoms with E-state index < -0.39 is 6.04 Å². The summed E-state index contributed by atoms with van der Waals surface area (Å²) in [5.41, 5.74) is 2.18. The molecule has 0 N–H and O–H groups in total. The molecule has 0 radical (unpaired) electrons. The lowest BCUT2D eigenvalue weighted by Gasteiger charge is -2.37. The molecule has 1 aromatic heterocycles. The van der Waals surface area contributed by atoms with E-state index in [0.717, 1.165) is 37.9 Å². The highest BCUT2D eigenvalue weighted by molar-refractivity contribution is 7.10. The monoisotopic (exact) mass is 458 g/mol. The summed E-state index contributed by atoms with van der Waals surface area (Å²) in [4.78, 5) is 19.3. The van der Waals surface area contributed by atoms with E-state index in [0.29, 0.717) is 29.9 Å². The number of hydrogen-bond donors (Lipinski definition) is 0. The van der Waals surface area contributed by atoms with Crippen LogP contribution < -0.4 is 0 Å². The predicted octanol–water partition coefficient (Wildman–Crippen LogP) is 5.59. The van der Waals surface area contributed by atoms with Crippen LogP contribution in [0.5, 0.6) is 0 Å². The van der Waals surface area contributed by atoms with Crippen LogP contribution in [0.4, 0.5) is 0 Å². The zero-order valence-electron chi connectivity index (χ0n) is 15.8. The normalized spacial score (nSPS) is 15.2. The number of benzene rings is 1. The van der Waals surface area contributed by atoms with E-state index in [4.69, 9.17) is 34.8 Å². The lowest BCUT2D eigenvalue weighted by molar-refractivity contribution is -0.137. The quantitative estimate of drug-likeness (QED) is 0.456. The molecule has 7 heteroatoms.